The highest BCUT2D eigenvalue weighted by atomic mass is 35.5. The normalized spacial score (nSPS) is 24.9. The van der Waals surface area contributed by atoms with Gasteiger partial charge in [-0.1, -0.05) is 29.3 Å². The number of rotatable bonds is 6. The van der Waals surface area contributed by atoms with E-state index in [0.717, 1.165) is 32.1 Å². The maximum atomic E-state index is 11.7. The lowest BCUT2D eigenvalue weighted by Crippen LogP contribution is -2.30. The van der Waals surface area contributed by atoms with Crippen molar-refractivity contribution in [3.8, 4) is 0 Å². The number of halogens is 2. The number of primary amides is 1. The van der Waals surface area contributed by atoms with Crippen molar-refractivity contribution in [2.24, 2.45) is 11.7 Å². The summed E-state index contributed by atoms with van der Waals surface area (Å²) in [5, 5.41) is 17.7. The number of nitrogens with zero attached hydrogens (tertiary/aromatic N) is 4. The van der Waals surface area contributed by atoms with Gasteiger partial charge in [-0.05, 0) is 63.5 Å². The summed E-state index contributed by atoms with van der Waals surface area (Å²) in [4.78, 5) is 25.8. The molecule has 2 aliphatic carbocycles. The Kier molecular flexibility index (Phi) is 7.00. The summed E-state index contributed by atoms with van der Waals surface area (Å²) < 4.78 is 2.06. The number of hydrogen-bond donors (Lipinski definition) is 4. The van der Waals surface area contributed by atoms with Crippen molar-refractivity contribution in [2.75, 3.05) is 10.6 Å². The Balaban J connectivity index is 1.51. The molecule has 2 aliphatic rings. The predicted octanol–water partition coefficient (Wildman–Crippen LogP) is 4.81. The number of benzene rings is 1. The minimum Gasteiger partial charge on any atom is -0.393 e. The van der Waals surface area contributed by atoms with Gasteiger partial charge in [-0.2, -0.15) is 4.98 Å². The summed E-state index contributed by atoms with van der Waals surface area (Å²) in [6.45, 7) is 0. The second-order valence-corrected chi connectivity index (χ2v) is 10.3. The third-order valence-electron chi connectivity index (χ3n) is 7.08. The number of nitrogens with one attached hydrogen (secondary N) is 2. The fraction of sp³-hybridized carbons (Fsp3) is 0.500. The van der Waals surface area contributed by atoms with Crippen LogP contribution >= 0.6 is 23.2 Å². The van der Waals surface area contributed by atoms with Crippen LogP contribution in [-0.2, 0) is 4.79 Å². The average molecular weight is 518 g/mol. The standard InChI is InChI=1S/C24H29Cl2N7O2/c25-17-5-2-6-18(26)20(17)31-24-30-19-12-28-23(29-14-3-1-4-16(34)11-14)32-22(19)33(24)15-9-7-13(8-10-15)21(27)35/h2,5-6,12-16,34H,1,3-4,7-11H2,(H2,27,35)(H,30,31)(H,28,29,32)/t13?,14-,15?,16+/m0/s1. The molecule has 11 heteroatoms. The monoisotopic (exact) mass is 517 g/mol. The fourth-order valence-corrected chi connectivity index (χ4v) is 5.71. The Labute approximate surface area is 213 Å². The van der Waals surface area contributed by atoms with Gasteiger partial charge in [-0.3, -0.25) is 9.36 Å². The molecule has 2 saturated carbocycles. The van der Waals surface area contributed by atoms with Crippen LogP contribution in [0.25, 0.3) is 11.2 Å². The van der Waals surface area contributed by atoms with Crippen LogP contribution in [0.1, 0.15) is 57.4 Å². The third kappa shape index (κ3) is 5.17. The Hall–Kier alpha value is -2.62. The van der Waals surface area contributed by atoms with E-state index in [1.807, 2.05) is 0 Å². The SMILES string of the molecule is NC(=O)C1CCC(n2c(Nc3c(Cl)cccc3Cl)nc3cnc(N[C@H]4CCC[C@@H](O)C4)nc32)CC1. The number of carbonyl (C=O) groups excluding carboxylic acids is 1. The molecule has 5 N–H and O–H groups in total. The first-order valence-corrected chi connectivity index (χ1v) is 12.8. The topological polar surface area (TPSA) is 131 Å². The van der Waals surface area contributed by atoms with Gasteiger partial charge in [0.15, 0.2) is 5.65 Å². The zero-order chi connectivity index (χ0) is 24.5. The molecule has 9 nitrogen and oxygen atoms in total. The van der Waals surface area contributed by atoms with Gasteiger partial charge in [0, 0.05) is 18.0 Å². The van der Waals surface area contributed by atoms with E-state index >= 15 is 0 Å². The number of imidazole rings is 1. The molecular weight excluding hydrogens is 489 g/mol. The van der Waals surface area contributed by atoms with Gasteiger partial charge in [0.25, 0.3) is 0 Å². The van der Waals surface area contributed by atoms with Crippen molar-refractivity contribution in [3.63, 3.8) is 0 Å². The number of para-hydroxylation sites is 1. The Morgan fingerprint density at radius 2 is 1.83 bits per heavy atom. The number of aromatic nitrogens is 4. The fourth-order valence-electron chi connectivity index (χ4n) is 5.22. The highest BCUT2D eigenvalue weighted by molar-refractivity contribution is 6.39. The van der Waals surface area contributed by atoms with Gasteiger partial charge in [0.1, 0.15) is 5.52 Å². The van der Waals surface area contributed by atoms with Crippen LogP contribution in [0.5, 0.6) is 0 Å². The largest absolute Gasteiger partial charge is 0.393 e. The molecule has 0 radical (unpaired) electrons. The molecule has 0 bridgehead atoms. The van der Waals surface area contributed by atoms with Crippen molar-refractivity contribution in [1.82, 2.24) is 19.5 Å². The molecule has 1 aromatic carbocycles. The predicted molar refractivity (Wildman–Crippen MR) is 137 cm³/mol. The number of hydrogen-bond acceptors (Lipinski definition) is 7. The average Bonchev–Trinajstić information content (AvgIpc) is 3.19. The lowest BCUT2D eigenvalue weighted by molar-refractivity contribution is -0.122. The Morgan fingerprint density at radius 1 is 1.09 bits per heavy atom. The maximum Gasteiger partial charge on any atom is 0.224 e. The molecule has 2 heterocycles. The lowest BCUT2D eigenvalue weighted by Gasteiger charge is -2.29. The maximum absolute atomic E-state index is 11.7. The number of amides is 1. The van der Waals surface area contributed by atoms with Gasteiger partial charge in [-0.25, -0.2) is 9.97 Å². The summed E-state index contributed by atoms with van der Waals surface area (Å²) >= 11 is 12.8. The van der Waals surface area contributed by atoms with Gasteiger partial charge >= 0.3 is 0 Å². The van der Waals surface area contributed by atoms with E-state index in [1.165, 1.54) is 0 Å². The quantitative estimate of drug-likeness (QED) is 0.368. The van der Waals surface area contributed by atoms with E-state index < -0.39 is 0 Å². The smallest absolute Gasteiger partial charge is 0.224 e. The van der Waals surface area contributed by atoms with E-state index in [1.54, 1.807) is 24.4 Å². The molecule has 0 saturated heterocycles. The minimum atomic E-state index is -0.299. The number of aliphatic hydroxyl groups excluding tert-OH is 1. The third-order valence-corrected chi connectivity index (χ3v) is 7.71. The van der Waals surface area contributed by atoms with Crippen molar-refractivity contribution in [1.29, 1.82) is 0 Å². The van der Waals surface area contributed by atoms with Crippen LogP contribution in [0, 0.1) is 5.92 Å². The molecule has 0 spiro atoms. The minimum absolute atomic E-state index is 0.0682. The summed E-state index contributed by atoms with van der Waals surface area (Å²) in [6, 6.07) is 5.51. The zero-order valence-electron chi connectivity index (χ0n) is 19.3. The molecule has 0 unspecified atom stereocenters. The molecule has 1 amide bonds. The van der Waals surface area contributed by atoms with Gasteiger partial charge in [0.2, 0.25) is 17.8 Å². The van der Waals surface area contributed by atoms with E-state index in [2.05, 4.69) is 20.2 Å². The molecule has 3 aromatic rings. The number of fused-ring (bicyclic) bond motifs is 1. The molecule has 0 aliphatic heterocycles. The molecule has 2 fully saturated rings. The highest BCUT2D eigenvalue weighted by Gasteiger charge is 2.30. The summed E-state index contributed by atoms with van der Waals surface area (Å²) in [5.41, 5.74) is 7.46. The van der Waals surface area contributed by atoms with Crippen LogP contribution in [-0.4, -0.2) is 42.7 Å². The van der Waals surface area contributed by atoms with Crippen LogP contribution in [0.3, 0.4) is 0 Å². The van der Waals surface area contributed by atoms with E-state index in [4.69, 9.17) is 38.9 Å². The summed E-state index contributed by atoms with van der Waals surface area (Å²) in [6.07, 6.45) is 7.80. The number of aliphatic hydroxyl groups is 1. The lowest BCUT2D eigenvalue weighted by atomic mass is 9.85. The van der Waals surface area contributed by atoms with E-state index in [-0.39, 0.29) is 30.0 Å². The van der Waals surface area contributed by atoms with Gasteiger partial charge in [-0.15, -0.1) is 0 Å². The number of anilines is 3. The molecule has 2 atom stereocenters. The van der Waals surface area contributed by atoms with Crippen molar-refractivity contribution in [3.05, 3.63) is 34.4 Å². The van der Waals surface area contributed by atoms with Crippen molar-refractivity contribution < 1.29 is 9.90 Å². The van der Waals surface area contributed by atoms with Gasteiger partial charge in [0.05, 0.1) is 28.0 Å². The number of carbonyl (C=O) groups is 1. The first kappa shape index (κ1) is 24.1. The Bertz CT molecular complexity index is 1210. The molecule has 5 rings (SSSR count). The van der Waals surface area contributed by atoms with Gasteiger partial charge < -0.3 is 21.5 Å². The van der Waals surface area contributed by atoms with Crippen molar-refractivity contribution in [2.45, 2.75) is 69.6 Å². The molecule has 35 heavy (non-hydrogen) atoms. The second kappa shape index (κ2) is 10.2. The Morgan fingerprint density at radius 3 is 2.51 bits per heavy atom. The summed E-state index contributed by atoms with van der Waals surface area (Å²) in [7, 11) is 0. The van der Waals surface area contributed by atoms with Crippen molar-refractivity contribution >= 4 is 57.9 Å². The van der Waals surface area contributed by atoms with Crippen LogP contribution in [0.4, 0.5) is 17.6 Å². The molecule has 186 valence electrons. The first-order valence-electron chi connectivity index (χ1n) is 12.1. The van der Waals surface area contributed by atoms with Crippen LogP contribution in [0.2, 0.25) is 10.0 Å². The van der Waals surface area contributed by atoms with E-state index in [9.17, 15) is 9.90 Å². The summed E-state index contributed by atoms with van der Waals surface area (Å²) in [5.74, 6) is 0.714. The van der Waals surface area contributed by atoms with E-state index in [0.29, 0.717) is 58.1 Å². The number of nitrogens with two attached hydrogens (primary N) is 1. The van der Waals surface area contributed by atoms with Crippen LogP contribution in [0.15, 0.2) is 24.4 Å². The van der Waals surface area contributed by atoms with Crippen LogP contribution < -0.4 is 16.4 Å². The zero-order valence-corrected chi connectivity index (χ0v) is 20.8. The highest BCUT2D eigenvalue weighted by Crippen LogP contribution is 2.39. The molecule has 2 aromatic heterocycles. The first-order chi connectivity index (χ1) is 16.9. The second-order valence-electron chi connectivity index (χ2n) is 9.50. The molecular formula is C24H29Cl2N7O2.